The molecule has 3 fully saturated rings. The third kappa shape index (κ3) is 2.42. The van der Waals surface area contributed by atoms with Gasteiger partial charge >= 0.3 is 0 Å². The molecule has 0 unspecified atom stereocenters. The van der Waals surface area contributed by atoms with Crippen LogP contribution in [0.3, 0.4) is 0 Å². The van der Waals surface area contributed by atoms with Gasteiger partial charge in [-0.25, -0.2) is 0 Å². The van der Waals surface area contributed by atoms with Gasteiger partial charge in [0.1, 0.15) is 0 Å². The lowest BCUT2D eigenvalue weighted by Crippen LogP contribution is -2.35. The van der Waals surface area contributed by atoms with Crippen LogP contribution in [0.15, 0.2) is 23.8 Å². The molecule has 1 N–H and O–H groups in total. The quantitative estimate of drug-likeness (QED) is 0.715. The third-order valence-electron chi connectivity index (χ3n) is 6.97. The van der Waals surface area contributed by atoms with E-state index in [1.165, 1.54) is 36.8 Å². The molecule has 0 spiro atoms. The van der Waals surface area contributed by atoms with Crippen molar-refractivity contribution in [3.05, 3.63) is 23.8 Å². The van der Waals surface area contributed by atoms with Gasteiger partial charge in [-0.05, 0) is 88.4 Å². The Morgan fingerprint density at radius 2 is 2.00 bits per heavy atom. The van der Waals surface area contributed by atoms with Crippen LogP contribution in [0.1, 0.15) is 66.2 Å². The van der Waals surface area contributed by atoms with E-state index in [4.69, 9.17) is 0 Å². The second-order valence-electron chi connectivity index (χ2n) is 8.68. The number of fused-ring (bicyclic) bond motifs is 3. The second kappa shape index (κ2) is 4.98. The van der Waals surface area contributed by atoms with Gasteiger partial charge in [0, 0.05) is 0 Å². The smallest absolute Gasteiger partial charge is 0.0656 e. The Labute approximate surface area is 130 Å². The van der Waals surface area contributed by atoms with Crippen LogP contribution < -0.4 is 0 Å². The molecule has 3 rings (SSSR count). The van der Waals surface area contributed by atoms with Crippen molar-refractivity contribution in [2.24, 2.45) is 29.1 Å². The average molecular weight is 288 g/mol. The Hall–Kier alpha value is -0.560. The Kier molecular flexibility index (Phi) is 3.64. The largest absolute Gasteiger partial charge is 0.390 e. The van der Waals surface area contributed by atoms with E-state index >= 15 is 0 Å². The molecule has 3 saturated carbocycles. The molecule has 0 aromatic heterocycles. The van der Waals surface area contributed by atoms with E-state index < -0.39 is 5.60 Å². The summed E-state index contributed by atoms with van der Waals surface area (Å²) < 4.78 is 0. The van der Waals surface area contributed by atoms with Gasteiger partial charge in [-0.15, -0.1) is 0 Å². The maximum absolute atomic E-state index is 10.9. The highest BCUT2D eigenvalue weighted by atomic mass is 16.3. The van der Waals surface area contributed by atoms with Gasteiger partial charge in [-0.2, -0.15) is 0 Å². The molecule has 0 saturated heterocycles. The average Bonchev–Trinajstić information content (AvgIpc) is 2.86. The predicted octanol–water partition coefficient (Wildman–Crippen LogP) is 5.11. The first-order valence-electron chi connectivity index (χ1n) is 8.81. The summed E-state index contributed by atoms with van der Waals surface area (Å²) in [5, 5.41) is 10.9. The van der Waals surface area contributed by atoms with E-state index in [1.54, 1.807) is 0 Å². The van der Waals surface area contributed by atoms with Gasteiger partial charge in [0.15, 0.2) is 0 Å². The van der Waals surface area contributed by atoms with Crippen molar-refractivity contribution in [2.75, 3.05) is 0 Å². The Morgan fingerprint density at radius 1 is 1.29 bits per heavy atom. The van der Waals surface area contributed by atoms with Gasteiger partial charge in [0.05, 0.1) is 5.60 Å². The van der Waals surface area contributed by atoms with Crippen LogP contribution in [-0.2, 0) is 0 Å². The first-order valence-corrected chi connectivity index (χ1v) is 8.81. The van der Waals surface area contributed by atoms with Crippen LogP contribution in [-0.4, -0.2) is 10.7 Å². The lowest BCUT2D eigenvalue weighted by atomic mass is 9.76. The number of aliphatic hydroxyl groups is 1. The highest BCUT2D eigenvalue weighted by Gasteiger charge is 2.68. The number of hydrogen-bond acceptors (Lipinski definition) is 1. The molecule has 6 atom stereocenters. The second-order valence-corrected chi connectivity index (χ2v) is 8.68. The summed E-state index contributed by atoms with van der Waals surface area (Å²) in [4.78, 5) is 0. The summed E-state index contributed by atoms with van der Waals surface area (Å²) in [6, 6.07) is 0. The highest BCUT2D eigenvalue weighted by molar-refractivity contribution is 5.24. The predicted molar refractivity (Wildman–Crippen MR) is 89.0 cm³/mol. The molecule has 0 aromatic rings. The lowest BCUT2D eigenvalue weighted by molar-refractivity contribution is -0.00230. The van der Waals surface area contributed by atoms with Crippen molar-refractivity contribution in [1.29, 1.82) is 0 Å². The van der Waals surface area contributed by atoms with Crippen molar-refractivity contribution in [1.82, 2.24) is 0 Å². The minimum Gasteiger partial charge on any atom is -0.390 e. The van der Waals surface area contributed by atoms with Crippen molar-refractivity contribution in [3.8, 4) is 0 Å². The summed E-state index contributed by atoms with van der Waals surface area (Å²) >= 11 is 0. The zero-order valence-electron chi connectivity index (χ0n) is 14.3. The summed E-state index contributed by atoms with van der Waals surface area (Å²) in [7, 11) is 0. The fourth-order valence-corrected chi connectivity index (χ4v) is 5.74. The summed E-state index contributed by atoms with van der Waals surface area (Å²) in [6.07, 6.45) is 9.49. The number of hydrogen-bond donors (Lipinski definition) is 1. The van der Waals surface area contributed by atoms with E-state index in [1.807, 2.05) is 0 Å². The fraction of sp³-hybridized carbons (Fsp3) is 0.800. The SMILES string of the molecule is C=C1CC[C@@H]2[C@H]([C@H]3[C@H]1CC[C@]3(C)O)[C@@]2(C)CCC=C(C)C. The molecule has 3 aliphatic rings. The van der Waals surface area contributed by atoms with Crippen LogP contribution >= 0.6 is 0 Å². The van der Waals surface area contributed by atoms with E-state index in [0.717, 1.165) is 24.7 Å². The van der Waals surface area contributed by atoms with E-state index in [9.17, 15) is 5.11 Å². The van der Waals surface area contributed by atoms with Gasteiger partial charge in [0.2, 0.25) is 0 Å². The third-order valence-corrected chi connectivity index (χ3v) is 6.97. The molecule has 0 radical (unpaired) electrons. The van der Waals surface area contributed by atoms with Crippen LogP contribution in [0.25, 0.3) is 0 Å². The van der Waals surface area contributed by atoms with Gasteiger partial charge in [0.25, 0.3) is 0 Å². The maximum atomic E-state index is 10.9. The molecular weight excluding hydrogens is 256 g/mol. The molecule has 1 nitrogen and oxygen atoms in total. The first kappa shape index (κ1) is 15.3. The van der Waals surface area contributed by atoms with E-state index in [-0.39, 0.29) is 0 Å². The molecule has 3 aliphatic carbocycles. The molecule has 0 bridgehead atoms. The van der Waals surface area contributed by atoms with Gasteiger partial charge in [-0.1, -0.05) is 30.7 Å². The lowest BCUT2D eigenvalue weighted by Gasteiger charge is -2.32. The van der Waals surface area contributed by atoms with E-state index in [2.05, 4.69) is 40.3 Å². The summed E-state index contributed by atoms with van der Waals surface area (Å²) in [5.41, 5.74) is 2.86. The van der Waals surface area contributed by atoms with Crippen molar-refractivity contribution >= 4 is 0 Å². The van der Waals surface area contributed by atoms with Crippen LogP contribution in [0.4, 0.5) is 0 Å². The maximum Gasteiger partial charge on any atom is 0.0656 e. The van der Waals surface area contributed by atoms with Crippen molar-refractivity contribution in [3.63, 3.8) is 0 Å². The zero-order valence-corrected chi connectivity index (χ0v) is 14.3. The number of allylic oxidation sites excluding steroid dienone is 3. The monoisotopic (exact) mass is 288 g/mol. The first-order chi connectivity index (χ1) is 9.77. The Morgan fingerprint density at radius 3 is 2.67 bits per heavy atom. The standard InChI is InChI=1S/C20H32O/c1-13(2)7-6-11-19(4)16-9-8-14(3)15-10-12-20(5,21)17(15)18(16)19/h7,15-18,21H,3,6,8-12H2,1-2,4-5H3/t15-,16+,17+,18+,19-,20-/m0/s1. The molecule has 1 heteroatoms. The normalized spacial score (nSPS) is 48.3. The molecular formula is C20H32O. The fourth-order valence-electron chi connectivity index (χ4n) is 5.74. The summed E-state index contributed by atoms with van der Waals surface area (Å²) in [5.74, 6) is 2.60. The Balaban J connectivity index is 1.80. The zero-order chi connectivity index (χ0) is 15.4. The molecule has 0 amide bonds. The van der Waals surface area contributed by atoms with Crippen molar-refractivity contribution < 1.29 is 5.11 Å². The van der Waals surface area contributed by atoms with Crippen LogP contribution in [0.5, 0.6) is 0 Å². The Bertz CT molecular complexity index is 468. The molecule has 0 aromatic carbocycles. The molecule has 118 valence electrons. The molecule has 21 heavy (non-hydrogen) atoms. The molecule has 0 heterocycles. The van der Waals surface area contributed by atoms with Crippen molar-refractivity contribution in [2.45, 2.75) is 71.8 Å². The summed E-state index contributed by atoms with van der Waals surface area (Å²) in [6.45, 7) is 13.3. The minimum absolute atomic E-state index is 0.462. The van der Waals surface area contributed by atoms with Crippen LogP contribution in [0.2, 0.25) is 0 Å². The number of rotatable bonds is 3. The topological polar surface area (TPSA) is 20.2 Å². The molecule has 0 aliphatic heterocycles. The highest BCUT2D eigenvalue weighted by Crippen LogP contribution is 2.73. The van der Waals surface area contributed by atoms with E-state index in [0.29, 0.717) is 17.3 Å². The minimum atomic E-state index is -0.463. The van der Waals surface area contributed by atoms with Crippen LogP contribution in [0, 0.1) is 29.1 Å². The van der Waals surface area contributed by atoms with Gasteiger partial charge in [-0.3, -0.25) is 0 Å². The van der Waals surface area contributed by atoms with Gasteiger partial charge < -0.3 is 5.11 Å².